The van der Waals surface area contributed by atoms with Crippen molar-refractivity contribution in [1.82, 2.24) is 9.78 Å². The average molecular weight is 316 g/mol. The van der Waals surface area contributed by atoms with Crippen LogP contribution < -0.4 is 4.72 Å². The summed E-state index contributed by atoms with van der Waals surface area (Å²) < 4.78 is 28.6. The summed E-state index contributed by atoms with van der Waals surface area (Å²) in [6, 6.07) is 4.13. The molecule has 0 aliphatic rings. The molecule has 20 heavy (non-hydrogen) atoms. The number of benzene rings is 1. The summed E-state index contributed by atoms with van der Waals surface area (Å²) in [7, 11) is -2.18. The first-order valence-electron chi connectivity index (χ1n) is 5.74. The number of phenolic OH excluding ortho intramolecular Hbond substituents is 1. The SMILES string of the molecule is Cc1nn(C)c(C)c1S(=O)(=O)Nc1cc(Cl)ccc1O. The molecule has 1 aromatic carbocycles. The first-order valence-corrected chi connectivity index (χ1v) is 7.60. The number of anilines is 1. The summed E-state index contributed by atoms with van der Waals surface area (Å²) in [5.41, 5.74) is 0.927. The Morgan fingerprint density at radius 3 is 2.55 bits per heavy atom. The highest BCUT2D eigenvalue weighted by Crippen LogP contribution is 2.30. The maximum Gasteiger partial charge on any atom is 0.265 e. The number of rotatable bonds is 3. The fourth-order valence-electron chi connectivity index (χ4n) is 1.93. The predicted molar refractivity (Wildman–Crippen MR) is 76.6 cm³/mol. The van der Waals surface area contributed by atoms with Crippen molar-refractivity contribution in [2.24, 2.45) is 7.05 Å². The van der Waals surface area contributed by atoms with Crippen LogP contribution in [-0.4, -0.2) is 23.3 Å². The van der Waals surface area contributed by atoms with Gasteiger partial charge in [0.05, 0.1) is 17.1 Å². The molecule has 0 aliphatic carbocycles. The monoisotopic (exact) mass is 315 g/mol. The van der Waals surface area contributed by atoms with Gasteiger partial charge in [0.25, 0.3) is 10.0 Å². The van der Waals surface area contributed by atoms with E-state index in [0.29, 0.717) is 16.4 Å². The fraction of sp³-hybridized carbons (Fsp3) is 0.250. The Hall–Kier alpha value is -1.73. The lowest BCUT2D eigenvalue weighted by Crippen LogP contribution is -2.15. The van der Waals surface area contributed by atoms with Crippen LogP contribution in [0.2, 0.25) is 5.02 Å². The molecular weight excluding hydrogens is 302 g/mol. The number of sulfonamides is 1. The zero-order chi connectivity index (χ0) is 15.1. The van der Waals surface area contributed by atoms with E-state index in [2.05, 4.69) is 9.82 Å². The number of aromatic hydroxyl groups is 1. The lowest BCUT2D eigenvalue weighted by atomic mass is 10.3. The van der Waals surface area contributed by atoms with Gasteiger partial charge in [-0.2, -0.15) is 5.10 Å². The molecule has 1 aromatic heterocycles. The molecule has 2 N–H and O–H groups in total. The van der Waals surface area contributed by atoms with E-state index in [-0.39, 0.29) is 16.3 Å². The third-order valence-corrected chi connectivity index (χ3v) is 4.77. The minimum Gasteiger partial charge on any atom is -0.506 e. The van der Waals surface area contributed by atoms with E-state index in [1.807, 2.05) is 0 Å². The lowest BCUT2D eigenvalue weighted by molar-refractivity contribution is 0.477. The van der Waals surface area contributed by atoms with Crippen molar-refractivity contribution >= 4 is 27.3 Å². The molecule has 0 fully saturated rings. The first-order chi connectivity index (χ1) is 9.22. The molecule has 0 unspecified atom stereocenters. The van der Waals surface area contributed by atoms with Gasteiger partial charge in [0.15, 0.2) is 0 Å². The van der Waals surface area contributed by atoms with E-state index < -0.39 is 10.0 Å². The molecule has 2 aromatic rings. The second-order valence-electron chi connectivity index (χ2n) is 4.39. The highest BCUT2D eigenvalue weighted by Gasteiger charge is 2.24. The molecular formula is C12H14ClN3O3S. The maximum absolute atomic E-state index is 12.4. The summed E-state index contributed by atoms with van der Waals surface area (Å²) in [6.07, 6.45) is 0. The van der Waals surface area contributed by atoms with Crippen LogP contribution in [0.5, 0.6) is 5.75 Å². The van der Waals surface area contributed by atoms with Gasteiger partial charge >= 0.3 is 0 Å². The van der Waals surface area contributed by atoms with Gasteiger partial charge < -0.3 is 5.11 Å². The molecule has 8 heteroatoms. The summed E-state index contributed by atoms with van der Waals surface area (Å²) in [4.78, 5) is 0.0966. The molecule has 0 aliphatic heterocycles. The Bertz CT molecular complexity index is 768. The zero-order valence-electron chi connectivity index (χ0n) is 11.2. The van der Waals surface area contributed by atoms with Gasteiger partial charge in [0.1, 0.15) is 10.6 Å². The number of nitrogens with one attached hydrogen (secondary N) is 1. The van der Waals surface area contributed by atoms with E-state index in [4.69, 9.17) is 11.6 Å². The van der Waals surface area contributed by atoms with E-state index in [1.165, 1.54) is 22.9 Å². The van der Waals surface area contributed by atoms with Gasteiger partial charge in [-0.25, -0.2) is 8.42 Å². The van der Waals surface area contributed by atoms with E-state index >= 15 is 0 Å². The van der Waals surface area contributed by atoms with Gasteiger partial charge in [0.2, 0.25) is 0 Å². The quantitative estimate of drug-likeness (QED) is 0.850. The van der Waals surface area contributed by atoms with Crippen LogP contribution in [0.4, 0.5) is 5.69 Å². The van der Waals surface area contributed by atoms with Crippen LogP contribution in [0.15, 0.2) is 23.1 Å². The highest BCUT2D eigenvalue weighted by molar-refractivity contribution is 7.92. The second-order valence-corrected chi connectivity index (χ2v) is 6.45. The number of phenols is 1. The van der Waals surface area contributed by atoms with Crippen molar-refractivity contribution in [3.8, 4) is 5.75 Å². The smallest absolute Gasteiger partial charge is 0.265 e. The number of hydrogen-bond donors (Lipinski definition) is 2. The Labute approximate surface area is 122 Å². The normalized spacial score (nSPS) is 11.6. The van der Waals surface area contributed by atoms with Gasteiger partial charge in [-0.1, -0.05) is 11.6 Å². The van der Waals surface area contributed by atoms with Crippen molar-refractivity contribution in [3.05, 3.63) is 34.6 Å². The minimum absolute atomic E-state index is 0.0279. The number of hydrogen-bond acceptors (Lipinski definition) is 4. The Morgan fingerprint density at radius 1 is 1.35 bits per heavy atom. The summed E-state index contributed by atoms with van der Waals surface area (Å²) >= 11 is 5.80. The van der Waals surface area contributed by atoms with E-state index in [9.17, 15) is 13.5 Å². The summed E-state index contributed by atoms with van der Waals surface area (Å²) in [6.45, 7) is 3.27. The van der Waals surface area contributed by atoms with Gasteiger partial charge in [-0.05, 0) is 32.0 Å². The molecule has 2 rings (SSSR count). The van der Waals surface area contributed by atoms with Crippen molar-refractivity contribution < 1.29 is 13.5 Å². The van der Waals surface area contributed by atoms with E-state index in [0.717, 1.165) is 0 Å². The van der Waals surface area contributed by atoms with Crippen LogP contribution in [-0.2, 0) is 17.1 Å². The summed E-state index contributed by atoms with van der Waals surface area (Å²) in [5, 5.41) is 14.1. The molecule has 1 heterocycles. The van der Waals surface area contributed by atoms with Crippen molar-refractivity contribution in [3.63, 3.8) is 0 Å². The van der Waals surface area contributed by atoms with Crippen molar-refractivity contribution in [2.45, 2.75) is 18.7 Å². The Morgan fingerprint density at radius 2 is 2.00 bits per heavy atom. The molecule has 0 saturated carbocycles. The molecule has 0 saturated heterocycles. The van der Waals surface area contributed by atoms with Crippen LogP contribution in [0.3, 0.4) is 0 Å². The lowest BCUT2D eigenvalue weighted by Gasteiger charge is -2.10. The van der Waals surface area contributed by atoms with Crippen LogP contribution in [0.25, 0.3) is 0 Å². The first kappa shape index (κ1) is 14.7. The Kier molecular flexibility index (Phi) is 3.66. The third-order valence-electron chi connectivity index (χ3n) is 2.91. The molecule has 0 bridgehead atoms. The molecule has 0 radical (unpaired) electrons. The Balaban J connectivity index is 2.49. The number of aromatic nitrogens is 2. The van der Waals surface area contributed by atoms with E-state index in [1.54, 1.807) is 20.9 Å². The largest absolute Gasteiger partial charge is 0.506 e. The summed E-state index contributed by atoms with van der Waals surface area (Å²) in [5.74, 6) is -0.197. The number of halogens is 1. The highest BCUT2D eigenvalue weighted by atomic mass is 35.5. The zero-order valence-corrected chi connectivity index (χ0v) is 12.7. The predicted octanol–water partition coefficient (Wildman–Crippen LogP) is 2.20. The van der Waals surface area contributed by atoms with Gasteiger partial charge in [-0.3, -0.25) is 9.40 Å². The number of nitrogens with zero attached hydrogens (tertiary/aromatic N) is 2. The molecule has 6 nitrogen and oxygen atoms in total. The average Bonchev–Trinajstić information content (AvgIpc) is 2.58. The van der Waals surface area contributed by atoms with Crippen LogP contribution >= 0.6 is 11.6 Å². The number of aryl methyl sites for hydroxylation is 2. The van der Waals surface area contributed by atoms with Crippen molar-refractivity contribution in [2.75, 3.05) is 4.72 Å². The topological polar surface area (TPSA) is 84.2 Å². The molecule has 108 valence electrons. The standard InChI is InChI=1S/C12H14ClN3O3S/c1-7-12(8(2)16(3)14-7)20(18,19)15-10-6-9(13)4-5-11(10)17/h4-6,15,17H,1-3H3. The van der Waals surface area contributed by atoms with Gasteiger partial charge in [0, 0.05) is 12.1 Å². The fourth-order valence-corrected chi connectivity index (χ4v) is 3.61. The van der Waals surface area contributed by atoms with Crippen molar-refractivity contribution in [1.29, 1.82) is 0 Å². The second kappa shape index (κ2) is 4.99. The molecule has 0 spiro atoms. The third kappa shape index (κ3) is 2.59. The van der Waals surface area contributed by atoms with Crippen LogP contribution in [0.1, 0.15) is 11.4 Å². The molecule has 0 amide bonds. The maximum atomic E-state index is 12.4. The van der Waals surface area contributed by atoms with Crippen LogP contribution in [0, 0.1) is 13.8 Å². The van der Waals surface area contributed by atoms with Gasteiger partial charge in [-0.15, -0.1) is 0 Å². The molecule has 0 atom stereocenters. The minimum atomic E-state index is -3.85.